The number of nitrogens with one attached hydrogen (secondary N) is 3. The Morgan fingerprint density at radius 2 is 1.75 bits per heavy atom. The van der Waals surface area contributed by atoms with E-state index in [4.69, 9.17) is 4.74 Å². The zero-order valence-electron chi connectivity index (χ0n) is 19.2. The topological polar surface area (TPSA) is 175 Å². The van der Waals surface area contributed by atoms with E-state index in [1.54, 1.807) is 18.2 Å². The van der Waals surface area contributed by atoms with Crippen molar-refractivity contribution in [2.45, 2.75) is 42.4 Å². The fourth-order valence-corrected chi connectivity index (χ4v) is 4.92. The summed E-state index contributed by atoms with van der Waals surface area (Å²) in [6, 6.07) is 15.3. The van der Waals surface area contributed by atoms with E-state index < -0.39 is 53.1 Å². The van der Waals surface area contributed by atoms with E-state index in [1.165, 1.54) is 42.1 Å². The molecule has 2 aromatic carbocycles. The summed E-state index contributed by atoms with van der Waals surface area (Å²) in [4.78, 5) is 11.6. The molecule has 1 saturated heterocycles. The highest BCUT2D eigenvalue weighted by atomic mass is 32.2. The van der Waals surface area contributed by atoms with Crippen molar-refractivity contribution in [3.05, 3.63) is 66.9 Å². The van der Waals surface area contributed by atoms with Crippen molar-refractivity contribution in [3.63, 3.8) is 0 Å². The smallest absolute Gasteiger partial charge is 0.263 e. The second kappa shape index (κ2) is 10.6. The molecule has 0 spiro atoms. The van der Waals surface area contributed by atoms with Gasteiger partial charge in [-0.15, -0.1) is 0 Å². The van der Waals surface area contributed by atoms with Crippen LogP contribution in [0.1, 0.15) is 6.92 Å². The summed E-state index contributed by atoms with van der Waals surface area (Å²) in [6.07, 6.45) is -3.42. The van der Waals surface area contributed by atoms with Crippen LogP contribution in [-0.4, -0.2) is 76.6 Å². The number of aliphatic hydroxyl groups excluding tert-OH is 3. The Bertz CT molecular complexity index is 1280. The van der Waals surface area contributed by atoms with Crippen LogP contribution in [0.3, 0.4) is 0 Å². The number of para-hydroxylation sites is 1. The van der Waals surface area contributed by atoms with Crippen LogP contribution in [0, 0.1) is 0 Å². The van der Waals surface area contributed by atoms with Gasteiger partial charge in [-0.1, -0.05) is 18.2 Å². The minimum Gasteiger partial charge on any atom is -0.394 e. The number of sulfonamides is 1. The minimum absolute atomic E-state index is 0.0134. The summed E-state index contributed by atoms with van der Waals surface area (Å²) in [6.45, 7) is 0.705. The van der Waals surface area contributed by atoms with Crippen molar-refractivity contribution in [2.75, 3.05) is 16.6 Å². The van der Waals surface area contributed by atoms with Crippen LogP contribution in [0.2, 0.25) is 0 Å². The largest absolute Gasteiger partial charge is 0.394 e. The zero-order chi connectivity index (χ0) is 25.9. The molecule has 2 heterocycles. The van der Waals surface area contributed by atoms with Crippen LogP contribution in [0.25, 0.3) is 5.69 Å². The highest BCUT2D eigenvalue weighted by Gasteiger charge is 2.44. The van der Waals surface area contributed by atoms with Crippen molar-refractivity contribution >= 4 is 27.4 Å². The molecule has 0 radical (unpaired) electrons. The molecule has 13 heteroatoms. The molecule has 6 N–H and O–H groups in total. The van der Waals surface area contributed by atoms with E-state index in [1.807, 2.05) is 18.2 Å². The van der Waals surface area contributed by atoms with Gasteiger partial charge in [0.05, 0.1) is 23.4 Å². The van der Waals surface area contributed by atoms with E-state index in [-0.39, 0.29) is 10.7 Å². The Morgan fingerprint density at radius 1 is 1.06 bits per heavy atom. The lowest BCUT2D eigenvalue weighted by atomic mass is 9.96. The lowest BCUT2D eigenvalue weighted by molar-refractivity contribution is -0.188. The maximum absolute atomic E-state index is 13.0. The average molecular weight is 518 g/mol. The summed E-state index contributed by atoms with van der Waals surface area (Å²) in [5.74, 6) is -0.189. The van der Waals surface area contributed by atoms with Crippen LogP contribution in [-0.2, 0) is 19.6 Å². The highest BCUT2D eigenvalue weighted by molar-refractivity contribution is 7.92. The predicted molar refractivity (Wildman–Crippen MR) is 130 cm³/mol. The van der Waals surface area contributed by atoms with Gasteiger partial charge in [0.1, 0.15) is 30.2 Å². The van der Waals surface area contributed by atoms with Crippen molar-refractivity contribution in [2.24, 2.45) is 0 Å². The lowest BCUT2D eigenvalue weighted by Gasteiger charge is -2.43. The minimum atomic E-state index is -3.95. The average Bonchev–Trinajstić information content (AvgIpc) is 3.31. The first-order chi connectivity index (χ1) is 17.2. The molecule has 5 atom stereocenters. The summed E-state index contributed by atoms with van der Waals surface area (Å²) in [5.41, 5.74) is 1.11. The van der Waals surface area contributed by atoms with Gasteiger partial charge in [-0.05, 0) is 36.4 Å². The van der Waals surface area contributed by atoms with Crippen molar-refractivity contribution in [1.82, 2.24) is 15.1 Å². The number of carbonyl (C=O) groups is 1. The number of nitrogens with zero attached hydrogens (tertiary/aromatic N) is 2. The molecule has 1 fully saturated rings. The fraction of sp³-hybridized carbons (Fsp3) is 0.304. The number of carbonyl (C=O) groups excluding carboxylic acids is 1. The van der Waals surface area contributed by atoms with Gasteiger partial charge in [-0.25, -0.2) is 13.1 Å². The number of benzene rings is 2. The number of aromatic nitrogens is 2. The van der Waals surface area contributed by atoms with Crippen LogP contribution in [0.5, 0.6) is 0 Å². The van der Waals surface area contributed by atoms with E-state index in [0.29, 0.717) is 11.4 Å². The van der Waals surface area contributed by atoms with Crippen LogP contribution in [0.15, 0.2) is 71.8 Å². The molecule has 3 aromatic rings. The van der Waals surface area contributed by atoms with E-state index in [0.717, 1.165) is 0 Å². The first-order valence-electron chi connectivity index (χ1n) is 11.1. The number of ether oxygens (including phenoxy) is 1. The fourth-order valence-electron chi connectivity index (χ4n) is 3.88. The van der Waals surface area contributed by atoms with Crippen LogP contribution in [0.4, 0.5) is 11.5 Å². The molecular formula is C23H27N5O7S. The van der Waals surface area contributed by atoms with Gasteiger partial charge in [0.25, 0.3) is 10.0 Å². The Kier molecular flexibility index (Phi) is 7.56. The normalized spacial score (nSPS) is 24.2. The molecule has 12 nitrogen and oxygen atoms in total. The van der Waals surface area contributed by atoms with Crippen molar-refractivity contribution in [3.8, 4) is 5.69 Å². The summed E-state index contributed by atoms with van der Waals surface area (Å²) in [7, 11) is -3.95. The third-order valence-electron chi connectivity index (χ3n) is 5.65. The molecule has 1 aliphatic heterocycles. The number of amides is 1. The lowest BCUT2D eigenvalue weighted by Crippen LogP contribution is -2.65. The van der Waals surface area contributed by atoms with E-state index >= 15 is 0 Å². The first kappa shape index (κ1) is 25.6. The molecular weight excluding hydrogens is 490 g/mol. The third kappa shape index (κ3) is 5.50. The summed E-state index contributed by atoms with van der Waals surface area (Å²) in [5, 5.41) is 39.7. The third-order valence-corrected chi connectivity index (χ3v) is 7.02. The standard InChI is InChI=1S/C23H27N5O7S/c1-14(30)25-20-22(32)21(31)18(13-29)35-23(20)26-15-7-9-17(10-8-15)36(33,34)27-19-11-12-24-28(19)16-5-3-2-4-6-16/h2-12,18,20-23,26-27,29,31-32H,13H2,1H3,(H,25,30)/t18-,20-,21+,22+,23-/m0/s1. The number of hydrogen-bond donors (Lipinski definition) is 6. The molecule has 1 aromatic heterocycles. The van der Waals surface area contributed by atoms with Crippen molar-refractivity contribution in [1.29, 1.82) is 0 Å². The number of aliphatic hydroxyl groups is 3. The van der Waals surface area contributed by atoms with Gasteiger partial charge in [-0.3, -0.25) is 9.52 Å². The van der Waals surface area contributed by atoms with E-state index in [9.17, 15) is 28.5 Å². The van der Waals surface area contributed by atoms with Gasteiger partial charge in [0.2, 0.25) is 5.91 Å². The molecule has 1 amide bonds. The Morgan fingerprint density at radius 3 is 2.39 bits per heavy atom. The first-order valence-corrected chi connectivity index (χ1v) is 12.6. The second-order valence-corrected chi connectivity index (χ2v) is 9.91. The molecule has 0 bridgehead atoms. The molecule has 0 unspecified atom stereocenters. The molecule has 1 aliphatic rings. The quantitative estimate of drug-likeness (QED) is 0.241. The monoisotopic (exact) mass is 517 g/mol. The van der Waals surface area contributed by atoms with Gasteiger partial charge in [0.15, 0.2) is 6.23 Å². The van der Waals surface area contributed by atoms with Crippen LogP contribution >= 0.6 is 0 Å². The predicted octanol–water partition coefficient (Wildman–Crippen LogP) is 0.0287. The molecule has 36 heavy (non-hydrogen) atoms. The summed E-state index contributed by atoms with van der Waals surface area (Å²) >= 11 is 0. The Labute approximate surface area is 207 Å². The molecule has 0 saturated carbocycles. The number of hydrogen-bond acceptors (Lipinski definition) is 9. The maximum Gasteiger partial charge on any atom is 0.263 e. The van der Waals surface area contributed by atoms with Crippen LogP contribution < -0.4 is 15.4 Å². The Hall–Kier alpha value is -3.49. The van der Waals surface area contributed by atoms with E-state index in [2.05, 4.69) is 20.5 Å². The molecule has 192 valence electrons. The van der Waals surface area contributed by atoms with Gasteiger partial charge in [-0.2, -0.15) is 5.10 Å². The molecule has 0 aliphatic carbocycles. The van der Waals surface area contributed by atoms with Gasteiger partial charge in [0, 0.05) is 18.7 Å². The SMILES string of the molecule is CC(=O)N[C@H]1[C@@H](O)[C@H](O)[C@H](CO)O[C@@H]1Nc1ccc(S(=O)(=O)Nc2ccnn2-c2ccccc2)cc1. The summed E-state index contributed by atoms with van der Waals surface area (Å²) < 4.78 is 35.6. The zero-order valence-corrected chi connectivity index (χ0v) is 20.0. The number of anilines is 2. The maximum atomic E-state index is 13.0. The number of rotatable bonds is 8. The second-order valence-electron chi connectivity index (χ2n) is 8.22. The van der Waals surface area contributed by atoms with Gasteiger partial charge < -0.3 is 30.7 Å². The Balaban J connectivity index is 1.50. The molecule has 4 rings (SSSR count). The van der Waals surface area contributed by atoms with Crippen molar-refractivity contribution < 1.29 is 33.3 Å². The van der Waals surface area contributed by atoms with Gasteiger partial charge >= 0.3 is 0 Å². The highest BCUT2D eigenvalue weighted by Crippen LogP contribution is 2.25.